The van der Waals surface area contributed by atoms with Crippen LogP contribution in [0.2, 0.25) is 5.02 Å². The van der Waals surface area contributed by atoms with E-state index in [2.05, 4.69) is 0 Å². The zero-order valence-corrected chi connectivity index (χ0v) is 7.59. The molecule has 0 atom stereocenters. The molecule has 0 bridgehead atoms. The molecule has 0 aliphatic rings. The van der Waals surface area contributed by atoms with Crippen molar-refractivity contribution in [2.75, 3.05) is 0 Å². The first kappa shape index (κ1) is 11.9. The summed E-state index contributed by atoms with van der Waals surface area (Å²) in [5, 5.41) is -0.781. The summed E-state index contributed by atoms with van der Waals surface area (Å²) < 4.78 is 61.2. The fourth-order valence-corrected chi connectivity index (χ4v) is 1.11. The highest BCUT2D eigenvalue weighted by Gasteiger charge is 2.42. The molecule has 0 amide bonds. The molecular weight excluding hydrogens is 243 g/mol. The SMILES string of the molecule is O=C(c1c(Cl)ccc(F)c1F)C(F)(F)F. The number of ketones is 1. The lowest BCUT2D eigenvalue weighted by Gasteiger charge is -2.08. The number of Topliss-reactive ketones (excluding diaryl/α,β-unsaturated/α-hetero) is 1. The van der Waals surface area contributed by atoms with Crippen molar-refractivity contribution in [1.29, 1.82) is 0 Å². The maximum atomic E-state index is 12.9. The fraction of sp³-hybridized carbons (Fsp3) is 0.125. The Kier molecular flexibility index (Phi) is 2.99. The van der Waals surface area contributed by atoms with Gasteiger partial charge in [-0.25, -0.2) is 8.78 Å². The molecule has 0 saturated carbocycles. The van der Waals surface area contributed by atoms with Crippen molar-refractivity contribution >= 4 is 17.4 Å². The average molecular weight is 245 g/mol. The molecule has 0 N–H and O–H groups in total. The van der Waals surface area contributed by atoms with Gasteiger partial charge in [0, 0.05) is 0 Å². The van der Waals surface area contributed by atoms with Gasteiger partial charge in [0.2, 0.25) is 0 Å². The van der Waals surface area contributed by atoms with E-state index in [0.717, 1.165) is 0 Å². The minimum Gasteiger partial charge on any atom is -0.284 e. The minimum absolute atomic E-state index is 0.533. The molecule has 0 radical (unpaired) electrons. The van der Waals surface area contributed by atoms with Crippen molar-refractivity contribution in [3.63, 3.8) is 0 Å². The normalized spacial score (nSPS) is 11.6. The largest absolute Gasteiger partial charge is 0.455 e. The second-order valence-electron chi connectivity index (χ2n) is 2.55. The lowest BCUT2D eigenvalue weighted by Crippen LogP contribution is -2.24. The third kappa shape index (κ3) is 2.26. The van der Waals surface area contributed by atoms with Crippen LogP contribution in [-0.2, 0) is 0 Å². The predicted molar refractivity (Wildman–Crippen MR) is 41.8 cm³/mol. The van der Waals surface area contributed by atoms with Crippen LogP contribution in [0.4, 0.5) is 22.0 Å². The third-order valence-corrected chi connectivity index (χ3v) is 1.84. The maximum Gasteiger partial charge on any atom is 0.455 e. The van der Waals surface area contributed by atoms with E-state index in [1.807, 2.05) is 0 Å². The summed E-state index contributed by atoms with van der Waals surface area (Å²) in [5.74, 6) is -5.97. The summed E-state index contributed by atoms with van der Waals surface area (Å²) >= 11 is 5.17. The number of alkyl halides is 3. The zero-order chi connectivity index (χ0) is 11.8. The van der Waals surface area contributed by atoms with Gasteiger partial charge in [-0.3, -0.25) is 4.79 Å². The van der Waals surface area contributed by atoms with E-state index in [1.165, 1.54) is 0 Å². The molecule has 0 aromatic heterocycles. The first-order valence-corrected chi connectivity index (χ1v) is 3.88. The van der Waals surface area contributed by atoms with Crippen LogP contribution in [0.3, 0.4) is 0 Å². The van der Waals surface area contributed by atoms with Gasteiger partial charge in [-0.15, -0.1) is 0 Å². The van der Waals surface area contributed by atoms with E-state index in [1.54, 1.807) is 0 Å². The summed E-state index contributed by atoms with van der Waals surface area (Å²) in [4.78, 5) is 10.6. The monoisotopic (exact) mass is 244 g/mol. The summed E-state index contributed by atoms with van der Waals surface area (Å²) in [5.41, 5.74) is -1.50. The van der Waals surface area contributed by atoms with Gasteiger partial charge >= 0.3 is 6.18 Å². The Bertz CT molecular complexity index is 412. The number of hydrogen-bond donors (Lipinski definition) is 0. The van der Waals surface area contributed by atoms with E-state index in [9.17, 15) is 26.7 Å². The number of carbonyl (C=O) groups excluding carboxylic acids is 1. The summed E-state index contributed by atoms with van der Waals surface area (Å²) in [6, 6.07) is 1.21. The van der Waals surface area contributed by atoms with Gasteiger partial charge in [-0.2, -0.15) is 13.2 Å². The smallest absolute Gasteiger partial charge is 0.284 e. The van der Waals surface area contributed by atoms with Crippen LogP contribution in [0.15, 0.2) is 12.1 Å². The van der Waals surface area contributed by atoms with E-state index in [4.69, 9.17) is 11.6 Å². The van der Waals surface area contributed by atoms with E-state index in [-0.39, 0.29) is 0 Å². The highest BCUT2D eigenvalue weighted by Crippen LogP contribution is 2.29. The minimum atomic E-state index is -5.29. The lowest BCUT2D eigenvalue weighted by molar-refractivity contribution is -0.0887. The molecular formula is C8H2ClF5O. The Hall–Kier alpha value is -1.17. The van der Waals surface area contributed by atoms with Gasteiger partial charge in [0.15, 0.2) is 11.6 Å². The van der Waals surface area contributed by atoms with Crippen molar-refractivity contribution in [3.8, 4) is 0 Å². The van der Waals surface area contributed by atoms with E-state index in [0.29, 0.717) is 12.1 Å². The van der Waals surface area contributed by atoms with Crippen molar-refractivity contribution in [2.24, 2.45) is 0 Å². The number of hydrogen-bond acceptors (Lipinski definition) is 1. The molecule has 0 aliphatic heterocycles. The quantitative estimate of drug-likeness (QED) is 0.421. The van der Waals surface area contributed by atoms with Crippen molar-refractivity contribution in [2.45, 2.75) is 6.18 Å². The molecule has 1 rings (SSSR count). The first-order chi connectivity index (χ1) is 6.75. The van der Waals surface area contributed by atoms with Crippen LogP contribution in [0.5, 0.6) is 0 Å². The topological polar surface area (TPSA) is 17.1 Å². The van der Waals surface area contributed by atoms with Gasteiger partial charge < -0.3 is 0 Å². The summed E-state index contributed by atoms with van der Waals surface area (Å²) in [7, 11) is 0. The molecule has 1 aromatic rings. The van der Waals surface area contributed by atoms with Gasteiger partial charge in [0.05, 0.1) is 10.6 Å². The molecule has 0 fully saturated rings. The molecule has 0 saturated heterocycles. The highest BCUT2D eigenvalue weighted by atomic mass is 35.5. The van der Waals surface area contributed by atoms with Crippen LogP contribution in [-0.4, -0.2) is 12.0 Å². The molecule has 0 unspecified atom stereocenters. The summed E-state index contributed by atoms with van der Waals surface area (Å²) in [6.07, 6.45) is -5.29. The predicted octanol–water partition coefficient (Wildman–Crippen LogP) is 3.36. The maximum absolute atomic E-state index is 12.9. The fourth-order valence-electron chi connectivity index (χ4n) is 0.877. The molecule has 7 heteroatoms. The number of benzene rings is 1. The van der Waals surface area contributed by atoms with Crippen LogP contribution >= 0.6 is 11.6 Å². The molecule has 0 aliphatic carbocycles. The summed E-state index contributed by atoms with van der Waals surface area (Å²) in [6.45, 7) is 0. The van der Waals surface area contributed by atoms with Gasteiger partial charge in [-0.1, -0.05) is 11.6 Å². The number of rotatable bonds is 1. The second kappa shape index (κ2) is 3.77. The zero-order valence-electron chi connectivity index (χ0n) is 6.83. The van der Waals surface area contributed by atoms with Crippen LogP contribution in [0.1, 0.15) is 10.4 Å². The average Bonchev–Trinajstić information content (AvgIpc) is 2.10. The standard InChI is InChI=1S/C8H2ClF5O/c9-3-1-2-4(10)6(11)5(3)7(15)8(12,13)14/h1-2H. The molecule has 1 aromatic carbocycles. The molecule has 0 heterocycles. The van der Waals surface area contributed by atoms with Gasteiger partial charge in [-0.05, 0) is 12.1 Å². The van der Waals surface area contributed by atoms with Crippen LogP contribution in [0.25, 0.3) is 0 Å². The molecule has 15 heavy (non-hydrogen) atoms. The van der Waals surface area contributed by atoms with Crippen LogP contribution in [0, 0.1) is 11.6 Å². The molecule has 82 valence electrons. The number of carbonyl (C=O) groups is 1. The second-order valence-corrected chi connectivity index (χ2v) is 2.95. The van der Waals surface area contributed by atoms with Crippen molar-refractivity contribution in [1.82, 2.24) is 0 Å². The molecule has 1 nitrogen and oxygen atoms in total. The Balaban J connectivity index is 3.38. The van der Waals surface area contributed by atoms with Gasteiger partial charge in [0.25, 0.3) is 5.78 Å². The highest BCUT2D eigenvalue weighted by molar-refractivity contribution is 6.34. The first-order valence-electron chi connectivity index (χ1n) is 3.50. The number of halogens is 6. The Morgan fingerprint density at radius 1 is 1.20 bits per heavy atom. The van der Waals surface area contributed by atoms with Gasteiger partial charge in [0.1, 0.15) is 0 Å². The van der Waals surface area contributed by atoms with E-state index >= 15 is 0 Å². The van der Waals surface area contributed by atoms with E-state index < -0.39 is 34.2 Å². The third-order valence-electron chi connectivity index (χ3n) is 1.53. The Morgan fingerprint density at radius 3 is 2.20 bits per heavy atom. The lowest BCUT2D eigenvalue weighted by atomic mass is 10.1. The van der Waals surface area contributed by atoms with Crippen LogP contribution < -0.4 is 0 Å². The van der Waals surface area contributed by atoms with Crippen molar-refractivity contribution < 1.29 is 26.7 Å². The molecule has 0 spiro atoms. The van der Waals surface area contributed by atoms with Crippen molar-refractivity contribution in [3.05, 3.63) is 34.4 Å². The Morgan fingerprint density at radius 2 is 1.73 bits per heavy atom. The Labute approximate surface area is 85.5 Å².